The number of rotatable bonds is 10. The number of thioether (sulfide) groups is 1. The van der Waals surface area contributed by atoms with Gasteiger partial charge in [-0.1, -0.05) is 74.8 Å². The molecule has 1 unspecified atom stereocenters. The van der Waals surface area contributed by atoms with Gasteiger partial charge >= 0.3 is 0 Å². The van der Waals surface area contributed by atoms with Crippen molar-refractivity contribution in [2.24, 2.45) is 5.41 Å². The van der Waals surface area contributed by atoms with E-state index < -0.39 is 0 Å². The second-order valence-corrected chi connectivity index (χ2v) is 14.4. The second kappa shape index (κ2) is 12.3. The summed E-state index contributed by atoms with van der Waals surface area (Å²) in [6.45, 7) is 7.91. The number of halogens is 1. The molecule has 6 aromatic rings. The Morgan fingerprint density at radius 3 is 2.49 bits per heavy atom. The van der Waals surface area contributed by atoms with E-state index in [0.29, 0.717) is 17.7 Å². The Labute approximate surface area is 271 Å². The van der Waals surface area contributed by atoms with Gasteiger partial charge in [0.15, 0.2) is 5.82 Å². The van der Waals surface area contributed by atoms with E-state index in [1.807, 2.05) is 54.5 Å². The van der Waals surface area contributed by atoms with Crippen molar-refractivity contribution in [3.63, 3.8) is 0 Å². The first-order chi connectivity index (χ1) is 21.8. The molecule has 0 saturated carbocycles. The van der Waals surface area contributed by atoms with E-state index in [0.717, 1.165) is 53.5 Å². The number of tetrazole rings is 1. The average molecular weight is 636 g/mol. The van der Waals surface area contributed by atoms with Crippen molar-refractivity contribution in [1.82, 2.24) is 35.2 Å². The largest absolute Gasteiger partial charge is 0.485 e. The minimum Gasteiger partial charge on any atom is -0.485 e. The van der Waals surface area contributed by atoms with Crippen LogP contribution in [0.4, 0.5) is 0 Å². The summed E-state index contributed by atoms with van der Waals surface area (Å²) in [6.07, 6.45) is 6.26. The summed E-state index contributed by atoms with van der Waals surface area (Å²) in [5.74, 6) is 2.35. The first-order valence-electron chi connectivity index (χ1n) is 15.1. The van der Waals surface area contributed by atoms with Crippen molar-refractivity contribution in [3.8, 4) is 16.9 Å². The smallest absolute Gasteiger partial charge is 0.166 e. The molecule has 0 spiro atoms. The van der Waals surface area contributed by atoms with Crippen molar-refractivity contribution in [2.45, 2.75) is 63.3 Å². The third kappa shape index (κ3) is 6.32. The molecule has 0 fully saturated rings. The van der Waals surface area contributed by atoms with Gasteiger partial charge in [-0.25, -0.2) is 15.1 Å². The molecular formula is C35H34ClN7OS. The van der Waals surface area contributed by atoms with Crippen LogP contribution < -0.4 is 4.74 Å². The Kier molecular flexibility index (Phi) is 8.06. The highest BCUT2D eigenvalue weighted by atomic mass is 35.5. The van der Waals surface area contributed by atoms with E-state index >= 15 is 0 Å². The molecule has 45 heavy (non-hydrogen) atoms. The van der Waals surface area contributed by atoms with Crippen LogP contribution in [0.5, 0.6) is 5.75 Å². The minimum absolute atomic E-state index is 0.0895. The Bertz CT molecular complexity index is 1920. The summed E-state index contributed by atoms with van der Waals surface area (Å²) < 4.78 is 8.96. The number of aromatic nitrogens is 7. The highest BCUT2D eigenvalue weighted by molar-refractivity contribution is 8.00. The molecule has 1 atom stereocenters. The summed E-state index contributed by atoms with van der Waals surface area (Å²) in [6, 6.07) is 22.6. The highest BCUT2D eigenvalue weighted by Crippen LogP contribution is 2.48. The lowest BCUT2D eigenvalue weighted by molar-refractivity contribution is 0.293. The van der Waals surface area contributed by atoms with Gasteiger partial charge in [0.25, 0.3) is 0 Å². The van der Waals surface area contributed by atoms with Gasteiger partial charge in [-0.2, -0.15) is 0 Å². The van der Waals surface area contributed by atoms with Crippen LogP contribution in [0.1, 0.15) is 49.2 Å². The van der Waals surface area contributed by atoms with Gasteiger partial charge in [-0.3, -0.25) is 0 Å². The minimum atomic E-state index is -0.0895. The zero-order valence-electron chi connectivity index (χ0n) is 25.5. The molecule has 1 N–H and O–H groups in total. The Morgan fingerprint density at radius 2 is 1.76 bits per heavy atom. The third-order valence-electron chi connectivity index (χ3n) is 8.27. The van der Waals surface area contributed by atoms with Crippen LogP contribution in [0.2, 0.25) is 5.02 Å². The van der Waals surface area contributed by atoms with Crippen molar-refractivity contribution in [1.29, 1.82) is 0 Å². The van der Waals surface area contributed by atoms with Crippen LogP contribution in [-0.4, -0.2) is 40.4 Å². The molecule has 0 radical (unpaired) electrons. The lowest BCUT2D eigenvalue weighted by Gasteiger charge is -2.26. The molecular weight excluding hydrogens is 602 g/mol. The molecule has 3 aromatic heterocycles. The quantitative estimate of drug-likeness (QED) is 0.164. The number of ether oxygens (including phenoxy) is 1. The van der Waals surface area contributed by atoms with E-state index in [1.54, 1.807) is 0 Å². The molecule has 10 heteroatoms. The van der Waals surface area contributed by atoms with Crippen LogP contribution >= 0.6 is 23.4 Å². The summed E-state index contributed by atoms with van der Waals surface area (Å²) in [5, 5.41) is 17.1. The van der Waals surface area contributed by atoms with Crippen LogP contribution in [-0.2, 0) is 32.4 Å². The molecule has 0 saturated heterocycles. The fraction of sp³-hybridized carbons (Fsp3) is 0.286. The van der Waals surface area contributed by atoms with E-state index in [4.69, 9.17) is 16.3 Å². The van der Waals surface area contributed by atoms with Gasteiger partial charge in [0.05, 0.1) is 5.52 Å². The molecule has 0 aliphatic carbocycles. The Morgan fingerprint density at radius 1 is 0.978 bits per heavy atom. The maximum absolute atomic E-state index is 6.47. The molecule has 1 aliphatic rings. The zero-order chi connectivity index (χ0) is 31.0. The van der Waals surface area contributed by atoms with Crippen LogP contribution in [0.3, 0.4) is 0 Å². The molecule has 228 valence electrons. The fourth-order valence-electron chi connectivity index (χ4n) is 6.20. The Hall–Kier alpha value is -4.21. The molecule has 3 aromatic carbocycles. The van der Waals surface area contributed by atoms with E-state index in [1.165, 1.54) is 32.6 Å². The maximum atomic E-state index is 6.47. The normalized spacial score (nSPS) is 14.6. The van der Waals surface area contributed by atoms with Crippen LogP contribution in [0.25, 0.3) is 22.0 Å². The van der Waals surface area contributed by atoms with E-state index in [9.17, 15) is 0 Å². The van der Waals surface area contributed by atoms with E-state index in [-0.39, 0.29) is 5.41 Å². The van der Waals surface area contributed by atoms with Crippen LogP contribution in [0, 0.1) is 5.41 Å². The molecule has 0 bridgehead atoms. The lowest BCUT2D eigenvalue weighted by Crippen LogP contribution is -2.22. The van der Waals surface area contributed by atoms with Gasteiger partial charge in [-0.05, 0) is 64.1 Å². The van der Waals surface area contributed by atoms with Gasteiger partial charge in [-0.15, -0.1) is 16.9 Å². The number of benzene rings is 3. The number of nitrogens with one attached hydrogen (secondary N) is 1. The SMILES string of the molecule is CC1Cc2c(OCc3ncc(-c4ccccc4)cn3)ccc3c2c(c(CC(C)(C)Cc2nnn[nH]2)n3Cc2ccc(Cl)cc2)S1. The molecule has 1 aliphatic heterocycles. The molecule has 7 rings (SSSR count). The number of aromatic amines is 1. The van der Waals surface area contributed by atoms with Gasteiger partial charge in [0, 0.05) is 62.7 Å². The van der Waals surface area contributed by atoms with Gasteiger partial charge in [0.2, 0.25) is 0 Å². The van der Waals surface area contributed by atoms with Crippen molar-refractivity contribution >= 4 is 34.3 Å². The predicted octanol–water partition coefficient (Wildman–Crippen LogP) is 7.74. The number of nitrogens with zero attached hydrogens (tertiary/aromatic N) is 6. The molecule has 8 nitrogen and oxygen atoms in total. The maximum Gasteiger partial charge on any atom is 0.166 e. The molecule has 0 amide bonds. The number of hydrogen-bond donors (Lipinski definition) is 1. The molecule has 4 heterocycles. The summed E-state index contributed by atoms with van der Waals surface area (Å²) in [5.41, 5.74) is 7.00. The van der Waals surface area contributed by atoms with E-state index in [2.05, 4.69) is 92.3 Å². The number of hydrogen-bond acceptors (Lipinski definition) is 7. The zero-order valence-corrected chi connectivity index (χ0v) is 27.1. The first kappa shape index (κ1) is 29.5. The Balaban J connectivity index is 1.24. The number of H-pyrrole nitrogens is 1. The standard InChI is InChI=1S/C35H34ClN7OS/c1-22-15-27-30(44-21-32-37-18-25(19-38-32)24-7-5-4-6-8-24)14-13-28-33(27)34(45-22)29(16-35(2,3)17-31-39-41-42-40-31)43(28)20-23-9-11-26(36)12-10-23/h4-14,18-19,22H,15-17,20-21H2,1-3H3,(H,39,40,41,42). The summed E-state index contributed by atoms with van der Waals surface area (Å²) in [7, 11) is 0. The lowest BCUT2D eigenvalue weighted by atomic mass is 9.84. The van der Waals surface area contributed by atoms with Crippen LogP contribution in [0.15, 0.2) is 84.0 Å². The summed E-state index contributed by atoms with van der Waals surface area (Å²) in [4.78, 5) is 10.6. The predicted molar refractivity (Wildman–Crippen MR) is 179 cm³/mol. The van der Waals surface area contributed by atoms with Gasteiger partial charge in [0.1, 0.15) is 18.2 Å². The highest BCUT2D eigenvalue weighted by Gasteiger charge is 2.32. The van der Waals surface area contributed by atoms with Crippen molar-refractivity contribution in [3.05, 3.63) is 113 Å². The topological polar surface area (TPSA) is 94.4 Å². The monoisotopic (exact) mass is 635 g/mol. The second-order valence-electron chi connectivity index (χ2n) is 12.5. The van der Waals surface area contributed by atoms with Crippen molar-refractivity contribution in [2.75, 3.05) is 0 Å². The van der Waals surface area contributed by atoms with Gasteiger partial charge < -0.3 is 9.30 Å². The fourth-order valence-corrected chi connectivity index (χ4v) is 7.65. The first-order valence-corrected chi connectivity index (χ1v) is 16.4. The third-order valence-corrected chi connectivity index (χ3v) is 9.77. The average Bonchev–Trinajstić information content (AvgIpc) is 3.64. The van der Waals surface area contributed by atoms with Crippen molar-refractivity contribution < 1.29 is 4.74 Å². The summed E-state index contributed by atoms with van der Waals surface area (Å²) >= 11 is 8.21.